The predicted octanol–water partition coefficient (Wildman–Crippen LogP) is 2.71. The molecule has 0 spiro atoms. The summed E-state index contributed by atoms with van der Waals surface area (Å²) in [5, 5.41) is 14.0. The third-order valence-electron chi connectivity index (χ3n) is 3.35. The number of hydrogen-bond acceptors (Lipinski definition) is 2. The van der Waals surface area contributed by atoms with Crippen molar-refractivity contribution < 1.29 is 14.3 Å². The summed E-state index contributed by atoms with van der Waals surface area (Å²) in [5.41, 5.74) is 2.78. The highest BCUT2D eigenvalue weighted by Crippen LogP contribution is 2.34. The summed E-state index contributed by atoms with van der Waals surface area (Å²) in [5.74, 6) is -1.38. The van der Waals surface area contributed by atoms with Crippen LogP contribution in [0, 0.1) is 12.7 Å². The molecule has 3 rings (SSSR count). The van der Waals surface area contributed by atoms with E-state index in [0.29, 0.717) is 11.2 Å². The maximum absolute atomic E-state index is 13.3. The van der Waals surface area contributed by atoms with Gasteiger partial charge in [-0.05, 0) is 25.1 Å². The number of benzene rings is 1. The fourth-order valence-electron chi connectivity index (χ4n) is 2.50. The lowest BCUT2D eigenvalue weighted by Crippen LogP contribution is -2.01. The van der Waals surface area contributed by atoms with Gasteiger partial charge in [-0.15, -0.1) is 0 Å². The van der Waals surface area contributed by atoms with Crippen molar-refractivity contribution in [1.82, 2.24) is 14.8 Å². The number of aromatic nitrogens is 3. The third-order valence-corrected chi connectivity index (χ3v) is 3.35. The molecule has 2 heterocycles. The Morgan fingerprint density at radius 1 is 1.45 bits per heavy atom. The molecule has 2 aromatic heterocycles. The minimum atomic E-state index is -1.04. The van der Waals surface area contributed by atoms with Crippen LogP contribution < -0.4 is 0 Å². The van der Waals surface area contributed by atoms with Crippen LogP contribution in [0.5, 0.6) is 0 Å². The monoisotopic (exact) mass is 273 g/mol. The van der Waals surface area contributed by atoms with E-state index in [1.807, 2.05) is 6.92 Å². The second kappa shape index (κ2) is 4.19. The van der Waals surface area contributed by atoms with E-state index in [0.717, 1.165) is 16.6 Å². The van der Waals surface area contributed by atoms with Crippen LogP contribution in [0.1, 0.15) is 16.1 Å². The fourth-order valence-corrected chi connectivity index (χ4v) is 2.50. The van der Waals surface area contributed by atoms with Crippen molar-refractivity contribution in [2.24, 2.45) is 7.05 Å². The van der Waals surface area contributed by atoms with E-state index in [2.05, 4.69) is 10.1 Å². The van der Waals surface area contributed by atoms with Crippen molar-refractivity contribution in [3.63, 3.8) is 0 Å². The van der Waals surface area contributed by atoms with Crippen molar-refractivity contribution in [1.29, 1.82) is 0 Å². The summed E-state index contributed by atoms with van der Waals surface area (Å²) >= 11 is 0. The van der Waals surface area contributed by atoms with Crippen LogP contribution in [0.3, 0.4) is 0 Å². The molecule has 20 heavy (non-hydrogen) atoms. The highest BCUT2D eigenvalue weighted by molar-refractivity contribution is 6.03. The topological polar surface area (TPSA) is 70.9 Å². The third kappa shape index (κ3) is 1.69. The van der Waals surface area contributed by atoms with Gasteiger partial charge in [-0.1, -0.05) is 0 Å². The molecular weight excluding hydrogens is 261 g/mol. The molecule has 0 bridgehead atoms. The van der Waals surface area contributed by atoms with Gasteiger partial charge in [0.15, 0.2) is 0 Å². The van der Waals surface area contributed by atoms with Crippen LogP contribution in [-0.2, 0) is 7.05 Å². The molecule has 0 saturated heterocycles. The number of nitrogens with zero attached hydrogens (tertiary/aromatic N) is 2. The molecule has 1 aromatic carbocycles. The van der Waals surface area contributed by atoms with E-state index in [1.54, 1.807) is 13.1 Å². The van der Waals surface area contributed by atoms with E-state index in [4.69, 9.17) is 0 Å². The molecule has 0 atom stereocenters. The van der Waals surface area contributed by atoms with Gasteiger partial charge in [0, 0.05) is 29.2 Å². The smallest absolute Gasteiger partial charge is 0.339 e. The van der Waals surface area contributed by atoms with Crippen molar-refractivity contribution >= 4 is 16.9 Å². The quantitative estimate of drug-likeness (QED) is 0.754. The molecule has 0 unspecified atom stereocenters. The minimum absolute atomic E-state index is 0.126. The molecule has 0 aliphatic rings. The largest absolute Gasteiger partial charge is 0.478 e. The predicted molar refractivity (Wildman–Crippen MR) is 72.2 cm³/mol. The number of aromatic amines is 1. The normalized spacial score (nSPS) is 11.2. The summed E-state index contributed by atoms with van der Waals surface area (Å²) in [6.07, 6.45) is 1.32. The van der Waals surface area contributed by atoms with E-state index in [-0.39, 0.29) is 11.4 Å². The maximum Gasteiger partial charge on any atom is 0.339 e. The Morgan fingerprint density at radius 3 is 2.90 bits per heavy atom. The number of carboxylic acids is 1. The number of carbonyl (C=O) groups is 1. The number of carboxylic acid groups (broad SMARTS) is 1. The Morgan fingerprint density at radius 2 is 2.20 bits per heavy atom. The Hall–Kier alpha value is -2.63. The van der Waals surface area contributed by atoms with Gasteiger partial charge in [0.1, 0.15) is 11.4 Å². The van der Waals surface area contributed by atoms with E-state index in [9.17, 15) is 14.3 Å². The van der Waals surface area contributed by atoms with Crippen molar-refractivity contribution in [2.45, 2.75) is 6.92 Å². The van der Waals surface area contributed by atoms with E-state index < -0.39 is 5.97 Å². The molecule has 2 N–H and O–H groups in total. The van der Waals surface area contributed by atoms with Crippen LogP contribution in [0.25, 0.3) is 22.2 Å². The summed E-state index contributed by atoms with van der Waals surface area (Å²) in [6, 6.07) is 4.39. The van der Waals surface area contributed by atoms with Gasteiger partial charge < -0.3 is 10.1 Å². The molecule has 102 valence electrons. The van der Waals surface area contributed by atoms with Gasteiger partial charge in [-0.3, -0.25) is 4.68 Å². The van der Waals surface area contributed by atoms with Gasteiger partial charge in [-0.2, -0.15) is 5.10 Å². The number of halogens is 1. The fraction of sp³-hybridized carbons (Fsp3) is 0.143. The molecule has 6 heteroatoms. The Balaban J connectivity index is 2.38. The molecule has 0 aliphatic carbocycles. The number of rotatable bonds is 2. The molecular formula is C14H12FN3O2. The lowest BCUT2D eigenvalue weighted by molar-refractivity contribution is 0.0697. The first-order valence-electron chi connectivity index (χ1n) is 6.02. The van der Waals surface area contributed by atoms with Crippen molar-refractivity contribution in [2.75, 3.05) is 0 Å². The lowest BCUT2D eigenvalue weighted by Gasteiger charge is -2.04. The first-order valence-corrected chi connectivity index (χ1v) is 6.02. The first-order chi connectivity index (χ1) is 9.49. The molecule has 5 nitrogen and oxygen atoms in total. The van der Waals surface area contributed by atoms with Crippen LogP contribution >= 0.6 is 0 Å². The summed E-state index contributed by atoms with van der Waals surface area (Å²) < 4.78 is 14.8. The van der Waals surface area contributed by atoms with Crippen molar-refractivity contribution in [3.8, 4) is 11.3 Å². The molecule has 3 aromatic rings. The average Bonchev–Trinajstić information content (AvgIpc) is 2.88. The summed E-state index contributed by atoms with van der Waals surface area (Å²) in [7, 11) is 1.68. The number of aryl methyl sites for hydroxylation is 2. The van der Waals surface area contributed by atoms with Crippen LogP contribution in [-0.4, -0.2) is 25.8 Å². The van der Waals surface area contributed by atoms with Crippen LogP contribution in [0.4, 0.5) is 4.39 Å². The molecule has 0 radical (unpaired) electrons. The lowest BCUT2D eigenvalue weighted by atomic mass is 10.0. The zero-order chi connectivity index (χ0) is 14.4. The zero-order valence-corrected chi connectivity index (χ0v) is 10.9. The highest BCUT2D eigenvalue weighted by atomic mass is 19.1. The second-order valence-corrected chi connectivity index (χ2v) is 4.65. The van der Waals surface area contributed by atoms with Gasteiger partial charge in [-0.25, -0.2) is 9.18 Å². The van der Waals surface area contributed by atoms with Gasteiger partial charge in [0.25, 0.3) is 0 Å². The maximum atomic E-state index is 13.3. The molecule has 0 saturated carbocycles. The van der Waals surface area contributed by atoms with Gasteiger partial charge in [0.2, 0.25) is 0 Å². The number of H-pyrrole nitrogens is 1. The Labute approximate surface area is 113 Å². The number of fused-ring (bicyclic) bond motifs is 1. The van der Waals surface area contributed by atoms with Crippen LogP contribution in [0.15, 0.2) is 24.4 Å². The van der Waals surface area contributed by atoms with Gasteiger partial charge in [0.05, 0.1) is 11.9 Å². The van der Waals surface area contributed by atoms with Crippen molar-refractivity contribution in [3.05, 3.63) is 41.5 Å². The summed E-state index contributed by atoms with van der Waals surface area (Å²) in [4.78, 5) is 14.4. The highest BCUT2D eigenvalue weighted by Gasteiger charge is 2.21. The standard InChI is InChI=1S/C14H12FN3O2/c1-7-12(9-4-3-8(15)5-11(9)17-7)13-10(14(19)20)6-16-18(13)2/h3-6,17H,1-2H3,(H,19,20). The van der Waals surface area contributed by atoms with E-state index >= 15 is 0 Å². The Bertz CT molecular complexity index is 832. The SMILES string of the molecule is Cc1[nH]c2cc(F)ccc2c1-c1c(C(=O)O)cnn1C. The molecule has 0 fully saturated rings. The van der Waals surface area contributed by atoms with E-state index in [1.165, 1.54) is 23.0 Å². The average molecular weight is 273 g/mol. The Kier molecular flexibility index (Phi) is 2.60. The molecule has 0 aliphatic heterocycles. The number of aromatic carboxylic acids is 1. The van der Waals surface area contributed by atoms with Crippen LogP contribution in [0.2, 0.25) is 0 Å². The number of hydrogen-bond donors (Lipinski definition) is 2. The second-order valence-electron chi connectivity index (χ2n) is 4.65. The number of nitrogens with one attached hydrogen (secondary N) is 1. The minimum Gasteiger partial charge on any atom is -0.478 e. The first kappa shape index (κ1) is 12.4. The zero-order valence-electron chi connectivity index (χ0n) is 10.9. The summed E-state index contributed by atoms with van der Waals surface area (Å²) in [6.45, 7) is 1.83. The van der Waals surface area contributed by atoms with Gasteiger partial charge >= 0.3 is 5.97 Å². The molecule has 0 amide bonds.